The van der Waals surface area contributed by atoms with Crippen molar-refractivity contribution in [2.75, 3.05) is 5.32 Å². The van der Waals surface area contributed by atoms with Crippen molar-refractivity contribution in [1.82, 2.24) is 0 Å². The average molecular weight is 360 g/mol. The fourth-order valence-corrected chi connectivity index (χ4v) is 1.88. The van der Waals surface area contributed by atoms with Crippen LogP contribution in [0.15, 0.2) is 48.5 Å². The van der Waals surface area contributed by atoms with Gasteiger partial charge >= 0.3 is 6.36 Å². The first kappa shape index (κ1) is 17.9. The van der Waals surface area contributed by atoms with Crippen molar-refractivity contribution >= 4 is 23.2 Å². The molecule has 1 amide bonds. The van der Waals surface area contributed by atoms with Crippen molar-refractivity contribution in [1.29, 1.82) is 0 Å². The molecule has 2 aromatic rings. The Kier molecular flexibility index (Phi) is 5.56. The highest BCUT2D eigenvalue weighted by Crippen LogP contribution is 2.24. The maximum absolute atomic E-state index is 12.1. The smallest absolute Gasteiger partial charge is 0.481 e. The maximum atomic E-state index is 12.1. The number of rotatable bonds is 5. The van der Waals surface area contributed by atoms with Crippen LogP contribution in [0.4, 0.5) is 18.9 Å². The normalized spacial score (nSPS) is 12.4. The van der Waals surface area contributed by atoms with Gasteiger partial charge in [-0.25, -0.2) is 0 Å². The SMILES string of the molecule is CC(Oc1ccc(Cl)cc1)C(=O)Nc1ccc(OC(F)(F)F)cc1. The minimum atomic E-state index is -4.76. The molecule has 0 heterocycles. The van der Waals surface area contributed by atoms with E-state index in [-0.39, 0.29) is 5.75 Å². The largest absolute Gasteiger partial charge is 0.573 e. The van der Waals surface area contributed by atoms with Gasteiger partial charge in [-0.15, -0.1) is 13.2 Å². The Bertz CT molecular complexity index is 687. The summed E-state index contributed by atoms with van der Waals surface area (Å²) in [6, 6.07) is 11.3. The van der Waals surface area contributed by atoms with Crippen molar-refractivity contribution in [3.05, 3.63) is 53.6 Å². The Morgan fingerprint density at radius 2 is 1.58 bits per heavy atom. The summed E-state index contributed by atoms with van der Waals surface area (Å²) < 4.78 is 45.4. The number of carbonyl (C=O) groups excluding carboxylic acids is 1. The van der Waals surface area contributed by atoms with E-state index in [9.17, 15) is 18.0 Å². The summed E-state index contributed by atoms with van der Waals surface area (Å²) in [5.74, 6) is -0.351. The number of benzene rings is 2. The number of amides is 1. The van der Waals surface area contributed by atoms with Gasteiger partial charge in [0.1, 0.15) is 11.5 Å². The van der Waals surface area contributed by atoms with E-state index < -0.39 is 18.4 Å². The topological polar surface area (TPSA) is 47.6 Å². The van der Waals surface area contributed by atoms with E-state index in [1.54, 1.807) is 31.2 Å². The molecule has 2 rings (SSSR count). The summed E-state index contributed by atoms with van der Waals surface area (Å²) >= 11 is 5.76. The van der Waals surface area contributed by atoms with Crippen LogP contribution in [0.2, 0.25) is 5.02 Å². The van der Waals surface area contributed by atoms with E-state index in [0.717, 1.165) is 12.1 Å². The Hall–Kier alpha value is -2.41. The molecule has 1 atom stereocenters. The zero-order valence-corrected chi connectivity index (χ0v) is 13.2. The van der Waals surface area contributed by atoms with E-state index in [1.165, 1.54) is 12.1 Å². The van der Waals surface area contributed by atoms with Gasteiger partial charge < -0.3 is 14.8 Å². The Morgan fingerprint density at radius 3 is 2.12 bits per heavy atom. The van der Waals surface area contributed by atoms with Crippen molar-refractivity contribution in [3.63, 3.8) is 0 Å². The molecule has 2 aromatic carbocycles. The summed E-state index contributed by atoms with van der Waals surface area (Å²) in [4.78, 5) is 12.0. The van der Waals surface area contributed by atoms with Crippen LogP contribution in [-0.2, 0) is 4.79 Å². The van der Waals surface area contributed by atoms with Crippen LogP contribution in [0, 0.1) is 0 Å². The van der Waals surface area contributed by atoms with Crippen molar-refractivity contribution < 1.29 is 27.4 Å². The molecule has 128 valence electrons. The van der Waals surface area contributed by atoms with Gasteiger partial charge in [-0.1, -0.05) is 11.6 Å². The van der Waals surface area contributed by atoms with Gasteiger partial charge in [0.25, 0.3) is 5.91 Å². The zero-order valence-electron chi connectivity index (χ0n) is 12.4. The van der Waals surface area contributed by atoms with E-state index in [0.29, 0.717) is 16.5 Å². The first-order chi connectivity index (χ1) is 11.2. The lowest BCUT2D eigenvalue weighted by Gasteiger charge is -2.15. The number of nitrogens with one attached hydrogen (secondary N) is 1. The quantitative estimate of drug-likeness (QED) is 0.845. The first-order valence-electron chi connectivity index (χ1n) is 6.82. The Morgan fingerprint density at radius 1 is 1.04 bits per heavy atom. The number of carbonyl (C=O) groups is 1. The molecule has 0 aliphatic rings. The highest BCUT2D eigenvalue weighted by Gasteiger charge is 2.31. The second-order valence-electron chi connectivity index (χ2n) is 4.78. The number of alkyl halides is 3. The summed E-state index contributed by atoms with van der Waals surface area (Å²) in [6.45, 7) is 1.55. The molecule has 0 aromatic heterocycles. The minimum absolute atomic E-state index is 0.320. The number of halogens is 4. The van der Waals surface area contributed by atoms with Gasteiger partial charge in [-0.2, -0.15) is 0 Å². The van der Waals surface area contributed by atoms with Gasteiger partial charge in [-0.3, -0.25) is 4.79 Å². The predicted molar refractivity (Wildman–Crippen MR) is 83.3 cm³/mol. The molecule has 0 saturated heterocycles. The van der Waals surface area contributed by atoms with E-state index in [1.807, 2.05) is 0 Å². The lowest BCUT2D eigenvalue weighted by molar-refractivity contribution is -0.274. The molecule has 0 aliphatic carbocycles. The van der Waals surface area contributed by atoms with Crippen LogP contribution >= 0.6 is 11.6 Å². The monoisotopic (exact) mass is 359 g/mol. The molecule has 24 heavy (non-hydrogen) atoms. The maximum Gasteiger partial charge on any atom is 0.573 e. The lowest BCUT2D eigenvalue weighted by atomic mass is 10.2. The third-order valence-electron chi connectivity index (χ3n) is 2.85. The molecular formula is C16H13ClF3NO3. The third kappa shape index (κ3) is 5.66. The standard InChI is InChI=1S/C16H13ClF3NO3/c1-10(23-13-6-2-11(17)3-7-13)15(22)21-12-4-8-14(9-5-12)24-16(18,19)20/h2-10H,1H3,(H,21,22). The van der Waals surface area contributed by atoms with Gasteiger partial charge in [-0.05, 0) is 55.5 Å². The lowest BCUT2D eigenvalue weighted by Crippen LogP contribution is -2.30. The van der Waals surface area contributed by atoms with E-state index in [2.05, 4.69) is 10.1 Å². The highest BCUT2D eigenvalue weighted by molar-refractivity contribution is 6.30. The minimum Gasteiger partial charge on any atom is -0.481 e. The third-order valence-corrected chi connectivity index (χ3v) is 3.10. The van der Waals surface area contributed by atoms with Crippen LogP contribution in [0.5, 0.6) is 11.5 Å². The molecule has 0 spiro atoms. The highest BCUT2D eigenvalue weighted by atomic mass is 35.5. The number of anilines is 1. The molecule has 1 unspecified atom stereocenters. The fraction of sp³-hybridized carbons (Fsp3) is 0.188. The van der Waals surface area contributed by atoms with Crippen LogP contribution in [0.25, 0.3) is 0 Å². The van der Waals surface area contributed by atoms with Crippen LogP contribution in [0.1, 0.15) is 6.92 Å². The van der Waals surface area contributed by atoms with Crippen LogP contribution in [-0.4, -0.2) is 18.4 Å². The van der Waals surface area contributed by atoms with Gasteiger partial charge in [0.05, 0.1) is 0 Å². The van der Waals surface area contributed by atoms with E-state index >= 15 is 0 Å². The fourth-order valence-electron chi connectivity index (χ4n) is 1.75. The predicted octanol–water partition coefficient (Wildman–Crippen LogP) is 4.64. The van der Waals surface area contributed by atoms with Gasteiger partial charge in [0.15, 0.2) is 6.10 Å². The average Bonchev–Trinajstić information content (AvgIpc) is 2.50. The summed E-state index contributed by atoms with van der Waals surface area (Å²) in [5, 5.41) is 3.08. The van der Waals surface area contributed by atoms with Gasteiger partial charge in [0, 0.05) is 10.7 Å². The van der Waals surface area contributed by atoms with Gasteiger partial charge in [0.2, 0.25) is 0 Å². The molecule has 0 aliphatic heterocycles. The molecule has 8 heteroatoms. The Labute approximate surface area is 141 Å². The zero-order chi connectivity index (χ0) is 17.7. The molecule has 0 saturated carbocycles. The summed E-state index contributed by atoms with van der Waals surface area (Å²) in [5.41, 5.74) is 0.320. The molecule has 0 radical (unpaired) electrons. The van der Waals surface area contributed by atoms with Crippen molar-refractivity contribution in [2.24, 2.45) is 0 Å². The summed E-state index contributed by atoms with van der Waals surface area (Å²) in [7, 11) is 0. The molecule has 1 N–H and O–H groups in total. The van der Waals surface area contributed by atoms with Crippen LogP contribution < -0.4 is 14.8 Å². The van der Waals surface area contributed by atoms with Crippen molar-refractivity contribution in [2.45, 2.75) is 19.4 Å². The first-order valence-corrected chi connectivity index (χ1v) is 7.19. The molecule has 0 bridgehead atoms. The second kappa shape index (κ2) is 7.44. The number of hydrogen-bond donors (Lipinski definition) is 1. The number of ether oxygens (including phenoxy) is 2. The van der Waals surface area contributed by atoms with E-state index in [4.69, 9.17) is 16.3 Å². The Balaban J connectivity index is 1.92. The van der Waals surface area contributed by atoms with Crippen molar-refractivity contribution in [3.8, 4) is 11.5 Å². The summed E-state index contributed by atoms with van der Waals surface area (Å²) in [6.07, 6.45) is -5.57. The van der Waals surface area contributed by atoms with Crippen LogP contribution in [0.3, 0.4) is 0 Å². The number of hydrogen-bond acceptors (Lipinski definition) is 3. The molecular weight excluding hydrogens is 347 g/mol. The molecule has 0 fully saturated rings. The molecule has 4 nitrogen and oxygen atoms in total. The second-order valence-corrected chi connectivity index (χ2v) is 5.21.